The lowest BCUT2D eigenvalue weighted by molar-refractivity contribution is -0.146. The van der Waals surface area contributed by atoms with E-state index in [-0.39, 0.29) is 131 Å². The van der Waals surface area contributed by atoms with Crippen LogP contribution in [-0.2, 0) is 83.0 Å². The summed E-state index contributed by atoms with van der Waals surface area (Å²) in [4.78, 5) is 180. The molecule has 0 aromatic heterocycles. The second kappa shape index (κ2) is 53.9. The number of rotatable bonds is 57. The van der Waals surface area contributed by atoms with E-state index < -0.39 is 144 Å². The number of hydrogen-bond donors (Lipinski definition) is 12. The fourth-order valence-corrected chi connectivity index (χ4v) is 12.1. The third-order valence-corrected chi connectivity index (χ3v) is 18.8. The SMILES string of the molecule is CCCN(CC[C@@H](C)C(=O)N[C@H](C)[C@@H](O)c1ccccc1)C(=O)C[C@@H](OC)[C@H]([C@@H](C)CC)N(C)C(=O)[C@@H](NC(=O)[C@H](C(C)C)N(C)C(=O)OCc1ccc(NC(=O)[C@H](CCCNC(N)=O)NC(=O)[C@@H](NC(=O)[C@H](CCC(N)=O)NC(=O)CCOCCOCCOCCOCCC(C)=O)C(C)C)cc1C(=O)NCCN)C(C)C. The molecule has 2 aromatic rings. The summed E-state index contributed by atoms with van der Waals surface area (Å²) in [6.45, 7) is 23.0. The van der Waals surface area contributed by atoms with Gasteiger partial charge in [0.1, 0.15) is 42.6 Å². The minimum Gasteiger partial charge on any atom is -0.445 e. The molecule has 0 bridgehead atoms. The predicted molar refractivity (Wildman–Crippen MR) is 420 cm³/mol. The van der Waals surface area contributed by atoms with Crippen molar-refractivity contribution >= 4 is 82.7 Å². The smallest absolute Gasteiger partial charge is 0.410 e. The van der Waals surface area contributed by atoms with Crippen LogP contribution in [0.15, 0.2) is 48.5 Å². The van der Waals surface area contributed by atoms with Crippen LogP contribution in [0.1, 0.15) is 175 Å². The lowest BCUT2D eigenvalue weighted by Gasteiger charge is -2.40. The molecule has 0 aliphatic rings. The van der Waals surface area contributed by atoms with Gasteiger partial charge in [0.05, 0.1) is 83.6 Å². The van der Waals surface area contributed by atoms with Gasteiger partial charge in [-0.05, 0) is 87.3 Å². The van der Waals surface area contributed by atoms with Crippen LogP contribution in [0.25, 0.3) is 0 Å². The summed E-state index contributed by atoms with van der Waals surface area (Å²) in [6.07, 6.45) is -1.63. The number of hydrogen-bond acceptors (Lipinski definition) is 21. The molecule has 0 heterocycles. The third kappa shape index (κ3) is 36.7. The maximum Gasteiger partial charge on any atom is 0.410 e. The zero-order valence-electron chi connectivity index (χ0n) is 68.4. The number of ether oxygens (including phenoxy) is 6. The van der Waals surface area contributed by atoms with Gasteiger partial charge in [0, 0.05) is 95.9 Å². The van der Waals surface area contributed by atoms with Gasteiger partial charge in [0.25, 0.3) is 5.91 Å². The van der Waals surface area contributed by atoms with Gasteiger partial charge < -0.3 is 103 Å². The van der Waals surface area contributed by atoms with E-state index in [4.69, 9.17) is 45.6 Å². The number of benzene rings is 2. The first-order valence-electron chi connectivity index (χ1n) is 38.8. The minimum atomic E-state index is -1.37. The number of anilines is 1. The standard InChI is InChI=1S/C78H130N14O20/c1-16-35-92(36-29-52(10)70(98)84-54(12)69(97)55-22-19-18-20-23-55)64(96)46-61(107-15)68(51(9)17-2)90(13)76(104)66(49(5)6)89-75(103)67(50(7)8)91(14)78(106)112-47-56-25-26-57(45-58(56)71(99)82-34-32-79)85-72(100)59(24-21-33-83-77(81)105)87-74(102)65(48(3)4)88-73(101)60(27-28-62(80)94)86-63(95)31-38-109-40-42-111-44-43-110-41-39-108-37-30-53(11)93/h18-20,22-23,25-26,45,48-52,54,59-61,65-69,97H,16-17,21,24,27-44,46-47,79H2,1-15H3,(H2,80,94)(H,82,99)(H,84,98)(H,85,100)(H,86,95)(H,87,102)(H,88,101)(H,89,103)(H3,81,83,105)/t51-,52+,54+,59-,60-,61+,65-,66-,67-,68-,69+/m0/s1. The molecule has 2 rings (SSSR count). The van der Waals surface area contributed by atoms with Gasteiger partial charge in [-0.3, -0.25) is 57.6 Å². The van der Waals surface area contributed by atoms with Crippen LogP contribution in [0.4, 0.5) is 15.3 Å². The number of likely N-dealkylation sites (N-methyl/N-ethyl adjacent to an activating group) is 2. The summed E-state index contributed by atoms with van der Waals surface area (Å²) in [5.41, 5.74) is 17.3. The molecular formula is C78H130N14O20. The first kappa shape index (κ1) is 99.1. The molecule has 0 saturated heterocycles. The van der Waals surface area contributed by atoms with E-state index in [1.54, 1.807) is 79.5 Å². The maximum atomic E-state index is 14.9. The maximum absolute atomic E-state index is 14.9. The number of Topliss-reactive ketones (excluding diaryl/α,β-unsaturated/α-hetero) is 1. The van der Waals surface area contributed by atoms with E-state index in [0.29, 0.717) is 64.2 Å². The Morgan fingerprint density at radius 2 is 1.18 bits per heavy atom. The first-order valence-corrected chi connectivity index (χ1v) is 38.8. The van der Waals surface area contributed by atoms with Crippen molar-refractivity contribution in [1.82, 2.24) is 51.9 Å². The minimum absolute atomic E-state index is 0.0126. The number of urea groups is 1. The molecule has 15 N–H and O–H groups in total. The highest BCUT2D eigenvalue weighted by atomic mass is 16.6. The van der Waals surface area contributed by atoms with Crippen LogP contribution in [-0.4, -0.2) is 252 Å². The Kier molecular flexibility index (Phi) is 47.7. The number of nitrogens with zero attached hydrogens (tertiary/aromatic N) is 3. The number of nitrogens with one attached hydrogen (secondary N) is 8. The average molecular weight is 1580 g/mol. The summed E-state index contributed by atoms with van der Waals surface area (Å²) in [7, 11) is 4.44. The molecule has 0 saturated carbocycles. The lowest BCUT2D eigenvalue weighted by atomic mass is 9.89. The highest BCUT2D eigenvalue weighted by Gasteiger charge is 2.41. The van der Waals surface area contributed by atoms with Crippen molar-refractivity contribution in [2.24, 2.45) is 46.8 Å². The molecule has 34 heteroatoms. The lowest BCUT2D eigenvalue weighted by Crippen LogP contribution is -2.60. The largest absolute Gasteiger partial charge is 0.445 e. The molecule has 0 fully saturated rings. The number of nitrogens with two attached hydrogens (primary N) is 3. The normalized spacial score (nSPS) is 14.3. The van der Waals surface area contributed by atoms with Crippen LogP contribution in [0.3, 0.4) is 0 Å². The summed E-state index contributed by atoms with van der Waals surface area (Å²) in [5, 5.41) is 32.4. The molecule has 2 aromatic carbocycles. The van der Waals surface area contributed by atoms with Gasteiger partial charge >= 0.3 is 12.1 Å². The zero-order valence-corrected chi connectivity index (χ0v) is 68.4. The molecule has 11 atom stereocenters. The van der Waals surface area contributed by atoms with Gasteiger partial charge in [0.15, 0.2) is 0 Å². The Balaban J connectivity index is 2.31. The number of ketones is 1. The Morgan fingerprint density at radius 3 is 1.72 bits per heavy atom. The average Bonchev–Trinajstić information content (AvgIpc) is 0.817. The van der Waals surface area contributed by atoms with E-state index in [1.807, 2.05) is 39.0 Å². The summed E-state index contributed by atoms with van der Waals surface area (Å²) < 4.78 is 33.6. The van der Waals surface area contributed by atoms with Crippen molar-refractivity contribution in [3.63, 3.8) is 0 Å². The molecule has 0 radical (unpaired) electrons. The van der Waals surface area contributed by atoms with Crippen LogP contribution in [0.2, 0.25) is 0 Å². The van der Waals surface area contributed by atoms with Gasteiger partial charge in [-0.1, -0.05) is 112 Å². The van der Waals surface area contributed by atoms with Crippen molar-refractivity contribution < 1.29 is 95.9 Å². The number of aliphatic hydroxyl groups is 1. The second-order valence-corrected chi connectivity index (χ2v) is 29.0. The molecule has 112 heavy (non-hydrogen) atoms. The number of carbonyl (C=O) groups excluding carboxylic acids is 13. The molecule has 0 aliphatic carbocycles. The van der Waals surface area contributed by atoms with Crippen molar-refractivity contribution in [2.75, 3.05) is 112 Å². The topological polar surface area (TPSA) is 482 Å². The van der Waals surface area contributed by atoms with E-state index >= 15 is 0 Å². The van der Waals surface area contributed by atoms with Crippen molar-refractivity contribution in [1.29, 1.82) is 0 Å². The highest BCUT2D eigenvalue weighted by molar-refractivity contribution is 6.01. The van der Waals surface area contributed by atoms with E-state index in [9.17, 15) is 67.4 Å². The first-order chi connectivity index (χ1) is 53.0. The molecule has 632 valence electrons. The molecule has 34 nitrogen and oxygen atoms in total. The van der Waals surface area contributed by atoms with Crippen LogP contribution >= 0.6 is 0 Å². The van der Waals surface area contributed by atoms with Crippen molar-refractivity contribution in [3.05, 3.63) is 65.2 Å². The predicted octanol–water partition coefficient (Wildman–Crippen LogP) is 3.09. The Hall–Kier alpha value is -8.93. The zero-order chi connectivity index (χ0) is 84.2. The quantitative estimate of drug-likeness (QED) is 0.0423. The van der Waals surface area contributed by atoms with Gasteiger partial charge in [-0.25, -0.2) is 9.59 Å². The van der Waals surface area contributed by atoms with Gasteiger partial charge in [-0.2, -0.15) is 0 Å². The van der Waals surface area contributed by atoms with Crippen LogP contribution in [0, 0.1) is 29.6 Å². The Morgan fingerprint density at radius 1 is 0.589 bits per heavy atom. The number of methoxy groups -OCH3 is 1. The summed E-state index contributed by atoms with van der Waals surface area (Å²) >= 11 is 0. The Labute approximate surface area is 660 Å². The Bertz CT molecular complexity index is 3280. The van der Waals surface area contributed by atoms with Gasteiger partial charge in [0.2, 0.25) is 53.2 Å². The number of aliphatic hydroxyl groups excluding tert-OH is 1. The van der Waals surface area contributed by atoms with Crippen LogP contribution in [0.5, 0.6) is 0 Å². The number of carbonyl (C=O) groups is 13. The summed E-state index contributed by atoms with van der Waals surface area (Å²) in [6, 6.07) is 4.71. The van der Waals surface area contributed by atoms with Crippen LogP contribution < -0.4 is 59.7 Å². The molecule has 13 amide bonds. The van der Waals surface area contributed by atoms with Crippen molar-refractivity contribution in [2.45, 2.75) is 208 Å². The number of amides is 13. The molecular weight excluding hydrogens is 1450 g/mol. The third-order valence-electron chi connectivity index (χ3n) is 18.8. The molecule has 0 spiro atoms. The highest BCUT2D eigenvalue weighted by Crippen LogP contribution is 2.26. The monoisotopic (exact) mass is 1580 g/mol. The fourth-order valence-electron chi connectivity index (χ4n) is 12.1. The summed E-state index contributed by atoms with van der Waals surface area (Å²) in [5.74, 6) is -8.50. The number of primary amides is 2. The van der Waals surface area contributed by atoms with Gasteiger partial charge in [-0.15, -0.1) is 0 Å². The second-order valence-electron chi connectivity index (χ2n) is 29.0. The fraction of sp³-hybridized carbons (Fsp3) is 0.679. The van der Waals surface area contributed by atoms with E-state index in [2.05, 4.69) is 42.5 Å². The molecule has 0 aliphatic heterocycles. The van der Waals surface area contributed by atoms with E-state index in [1.165, 1.54) is 44.2 Å². The van der Waals surface area contributed by atoms with E-state index in [0.717, 1.165) is 4.90 Å². The molecule has 0 unspecified atom stereocenters. The van der Waals surface area contributed by atoms with Crippen molar-refractivity contribution in [3.8, 4) is 0 Å².